The summed E-state index contributed by atoms with van der Waals surface area (Å²) < 4.78 is 1.63. The van der Waals surface area contributed by atoms with E-state index in [2.05, 4.69) is 9.97 Å². The molecule has 2 aromatic heterocycles. The summed E-state index contributed by atoms with van der Waals surface area (Å²) in [5.74, 6) is 0. The topological polar surface area (TPSA) is 45.8 Å². The Morgan fingerprint density at radius 2 is 2.50 bits per heavy atom. The monoisotopic (exact) mass is 198 g/mol. The number of fused-ring (bicyclic) bond motifs is 1. The third-order valence-corrected chi connectivity index (χ3v) is 3.52. The van der Waals surface area contributed by atoms with Gasteiger partial charge in [0, 0.05) is 12.3 Å². The van der Waals surface area contributed by atoms with Crippen LogP contribution in [0.5, 0.6) is 0 Å². The second-order valence-electron chi connectivity index (χ2n) is 2.20. The van der Waals surface area contributed by atoms with Gasteiger partial charge in [0.1, 0.15) is 4.70 Å². The van der Waals surface area contributed by atoms with Crippen molar-refractivity contribution in [2.75, 3.05) is 6.26 Å². The molecular weight excluding hydrogens is 192 g/mol. The van der Waals surface area contributed by atoms with Crippen LogP contribution in [0.1, 0.15) is 0 Å². The first kappa shape index (κ1) is 7.82. The van der Waals surface area contributed by atoms with Gasteiger partial charge in [-0.05, 0) is 6.26 Å². The highest BCUT2D eigenvalue weighted by molar-refractivity contribution is 8.00. The summed E-state index contributed by atoms with van der Waals surface area (Å²) in [5.41, 5.74) is 0.735. The highest BCUT2D eigenvalue weighted by atomic mass is 32.2. The lowest BCUT2D eigenvalue weighted by molar-refractivity contribution is 1.23. The Bertz CT molecular complexity index is 460. The number of pyridine rings is 1. The van der Waals surface area contributed by atoms with Gasteiger partial charge in [-0.25, -0.2) is 4.98 Å². The standard InChI is InChI=1S/C7H6N2OS2/c1-11-7-9-6-5(12-7)4(10)2-3-8-6/h2-3H,1H3,(H,8,10). The van der Waals surface area contributed by atoms with E-state index in [1.165, 1.54) is 17.4 Å². The third-order valence-electron chi connectivity index (χ3n) is 1.46. The number of aromatic nitrogens is 2. The SMILES string of the molecule is CSc1nc2[nH]ccc(=O)c2s1. The predicted molar refractivity (Wildman–Crippen MR) is 52.0 cm³/mol. The first-order valence-electron chi connectivity index (χ1n) is 3.33. The Labute approximate surface area is 76.8 Å². The van der Waals surface area contributed by atoms with Gasteiger partial charge in [0.25, 0.3) is 0 Å². The summed E-state index contributed by atoms with van der Waals surface area (Å²) in [6, 6.07) is 1.52. The predicted octanol–water partition coefficient (Wildman–Crippen LogP) is 1.71. The van der Waals surface area contributed by atoms with E-state index in [0.717, 1.165) is 4.34 Å². The minimum Gasteiger partial charge on any atom is -0.345 e. The maximum Gasteiger partial charge on any atom is 0.201 e. The van der Waals surface area contributed by atoms with E-state index in [1.807, 2.05) is 6.26 Å². The fourth-order valence-corrected chi connectivity index (χ4v) is 2.37. The van der Waals surface area contributed by atoms with Crippen molar-refractivity contribution < 1.29 is 0 Å². The third kappa shape index (κ3) is 1.15. The van der Waals surface area contributed by atoms with Crippen LogP contribution in [-0.2, 0) is 0 Å². The van der Waals surface area contributed by atoms with E-state index in [0.29, 0.717) is 10.3 Å². The van der Waals surface area contributed by atoms with Crippen LogP contribution in [0.15, 0.2) is 21.4 Å². The van der Waals surface area contributed by atoms with E-state index in [4.69, 9.17) is 0 Å². The molecule has 0 aromatic carbocycles. The number of thioether (sulfide) groups is 1. The van der Waals surface area contributed by atoms with Crippen LogP contribution in [0, 0.1) is 0 Å². The number of H-pyrrole nitrogens is 1. The van der Waals surface area contributed by atoms with E-state index in [1.54, 1.807) is 18.0 Å². The fourth-order valence-electron chi connectivity index (χ4n) is 0.925. The molecule has 62 valence electrons. The number of hydrogen-bond acceptors (Lipinski definition) is 4. The normalized spacial score (nSPS) is 10.8. The number of nitrogens with one attached hydrogen (secondary N) is 1. The van der Waals surface area contributed by atoms with Gasteiger partial charge in [0.05, 0.1) is 0 Å². The van der Waals surface area contributed by atoms with Crippen molar-refractivity contribution in [1.82, 2.24) is 9.97 Å². The molecule has 0 saturated heterocycles. The van der Waals surface area contributed by atoms with Crippen LogP contribution in [0.3, 0.4) is 0 Å². The number of nitrogens with zero attached hydrogens (tertiary/aromatic N) is 1. The number of rotatable bonds is 1. The van der Waals surface area contributed by atoms with Crippen molar-refractivity contribution in [3.05, 3.63) is 22.5 Å². The average Bonchev–Trinajstić information content (AvgIpc) is 2.49. The van der Waals surface area contributed by atoms with E-state index < -0.39 is 0 Å². The van der Waals surface area contributed by atoms with Crippen LogP contribution >= 0.6 is 23.1 Å². The minimum absolute atomic E-state index is 0.0431. The molecule has 0 aliphatic heterocycles. The Morgan fingerprint density at radius 1 is 1.67 bits per heavy atom. The molecule has 0 unspecified atom stereocenters. The van der Waals surface area contributed by atoms with Crippen molar-refractivity contribution in [1.29, 1.82) is 0 Å². The zero-order chi connectivity index (χ0) is 8.55. The number of thiazole rings is 1. The molecule has 0 bridgehead atoms. The molecule has 0 spiro atoms. The van der Waals surface area contributed by atoms with Gasteiger partial charge in [0.2, 0.25) is 5.43 Å². The van der Waals surface area contributed by atoms with Crippen molar-refractivity contribution in [2.45, 2.75) is 4.34 Å². The lowest BCUT2D eigenvalue weighted by Gasteiger charge is -1.82. The summed E-state index contributed by atoms with van der Waals surface area (Å²) >= 11 is 2.98. The van der Waals surface area contributed by atoms with Gasteiger partial charge < -0.3 is 4.98 Å². The van der Waals surface area contributed by atoms with Crippen LogP contribution in [0.2, 0.25) is 0 Å². The van der Waals surface area contributed by atoms with Gasteiger partial charge >= 0.3 is 0 Å². The molecule has 5 heteroatoms. The summed E-state index contributed by atoms with van der Waals surface area (Å²) in [7, 11) is 0. The molecule has 0 amide bonds. The number of hydrogen-bond donors (Lipinski definition) is 1. The second kappa shape index (κ2) is 2.91. The van der Waals surface area contributed by atoms with E-state index in [9.17, 15) is 4.79 Å². The van der Waals surface area contributed by atoms with E-state index >= 15 is 0 Å². The number of aromatic amines is 1. The fraction of sp³-hybridized carbons (Fsp3) is 0.143. The van der Waals surface area contributed by atoms with Gasteiger partial charge in [-0.1, -0.05) is 11.8 Å². The highest BCUT2D eigenvalue weighted by Gasteiger charge is 2.04. The molecule has 0 atom stereocenters. The second-order valence-corrected chi connectivity index (χ2v) is 4.26. The molecule has 3 nitrogen and oxygen atoms in total. The summed E-state index contributed by atoms with van der Waals surface area (Å²) in [6.45, 7) is 0. The van der Waals surface area contributed by atoms with Crippen molar-refractivity contribution >= 4 is 33.4 Å². The smallest absolute Gasteiger partial charge is 0.201 e. The van der Waals surface area contributed by atoms with Gasteiger partial charge in [-0.2, -0.15) is 0 Å². The molecule has 1 N–H and O–H groups in total. The van der Waals surface area contributed by atoms with Gasteiger partial charge in [-0.15, -0.1) is 11.3 Å². The summed E-state index contributed by atoms with van der Waals surface area (Å²) in [4.78, 5) is 18.4. The van der Waals surface area contributed by atoms with Gasteiger partial charge in [0.15, 0.2) is 9.99 Å². The molecule has 0 radical (unpaired) electrons. The van der Waals surface area contributed by atoms with Crippen LogP contribution in [-0.4, -0.2) is 16.2 Å². The molecule has 0 aliphatic rings. The highest BCUT2D eigenvalue weighted by Crippen LogP contribution is 2.23. The van der Waals surface area contributed by atoms with Crippen molar-refractivity contribution in [2.24, 2.45) is 0 Å². The lowest BCUT2D eigenvalue weighted by Crippen LogP contribution is -1.96. The Kier molecular flexibility index (Phi) is 1.90. The van der Waals surface area contributed by atoms with E-state index in [-0.39, 0.29) is 5.43 Å². The van der Waals surface area contributed by atoms with Crippen LogP contribution in [0.25, 0.3) is 10.3 Å². The molecule has 0 saturated carbocycles. The largest absolute Gasteiger partial charge is 0.345 e. The molecule has 12 heavy (non-hydrogen) atoms. The molecular formula is C7H6N2OS2. The zero-order valence-corrected chi connectivity index (χ0v) is 7.96. The summed E-state index contributed by atoms with van der Waals surface area (Å²) in [5, 5.41) is 0. The maximum atomic E-state index is 11.2. The molecule has 2 aromatic rings. The quantitative estimate of drug-likeness (QED) is 0.709. The average molecular weight is 198 g/mol. The van der Waals surface area contributed by atoms with Crippen molar-refractivity contribution in [3.63, 3.8) is 0 Å². The molecule has 2 heterocycles. The molecule has 2 rings (SSSR count). The lowest BCUT2D eigenvalue weighted by atomic mass is 10.5. The van der Waals surface area contributed by atoms with Crippen LogP contribution < -0.4 is 5.43 Å². The molecule has 0 fully saturated rings. The first-order chi connectivity index (χ1) is 5.81. The van der Waals surface area contributed by atoms with Crippen molar-refractivity contribution in [3.8, 4) is 0 Å². The minimum atomic E-state index is 0.0431. The maximum absolute atomic E-state index is 11.2. The Balaban J connectivity index is 2.83. The van der Waals surface area contributed by atoms with Gasteiger partial charge in [-0.3, -0.25) is 4.79 Å². The summed E-state index contributed by atoms with van der Waals surface area (Å²) in [6.07, 6.45) is 3.57. The Morgan fingerprint density at radius 3 is 3.17 bits per heavy atom. The zero-order valence-electron chi connectivity index (χ0n) is 6.33. The van der Waals surface area contributed by atoms with Crippen LogP contribution in [0.4, 0.5) is 0 Å². The first-order valence-corrected chi connectivity index (χ1v) is 5.37. The Hall–Kier alpha value is -0.810. The molecule has 0 aliphatic carbocycles.